The van der Waals surface area contributed by atoms with Crippen molar-refractivity contribution in [1.29, 1.82) is 0 Å². The highest BCUT2D eigenvalue weighted by Crippen LogP contribution is 2.51. The number of carbonyl (C=O) groups is 3. The van der Waals surface area contributed by atoms with Crippen molar-refractivity contribution in [3.8, 4) is 0 Å². The molecule has 2 aromatic carbocycles. The Morgan fingerprint density at radius 2 is 1.81 bits per heavy atom. The number of fused-ring (bicyclic) bond motifs is 1. The van der Waals surface area contributed by atoms with Gasteiger partial charge in [-0.2, -0.15) is 0 Å². The van der Waals surface area contributed by atoms with Crippen molar-refractivity contribution in [3.05, 3.63) is 79.6 Å². The highest BCUT2D eigenvalue weighted by Gasteiger charge is 2.61. The van der Waals surface area contributed by atoms with Crippen LogP contribution in [0.3, 0.4) is 0 Å². The summed E-state index contributed by atoms with van der Waals surface area (Å²) in [5, 5.41) is 2.66. The predicted molar refractivity (Wildman–Crippen MR) is 143 cm³/mol. The lowest BCUT2D eigenvalue weighted by molar-refractivity contribution is -0.126. The molecule has 7 nitrogen and oxygen atoms in total. The number of hydroxylamine groups is 1. The molecular formula is C27H24Cl2N2O5S. The molecule has 0 N–H and O–H groups in total. The Morgan fingerprint density at radius 1 is 1.08 bits per heavy atom. The zero-order valence-corrected chi connectivity index (χ0v) is 22.9. The molecular weight excluding hydrogens is 535 g/mol. The maximum absolute atomic E-state index is 14.1. The lowest BCUT2D eigenvalue weighted by atomic mass is 9.90. The van der Waals surface area contributed by atoms with Crippen LogP contribution in [0.1, 0.15) is 44.9 Å². The predicted octanol–water partition coefficient (Wildman–Crippen LogP) is 6.21. The van der Waals surface area contributed by atoms with Crippen molar-refractivity contribution in [2.75, 3.05) is 16.6 Å². The fourth-order valence-electron chi connectivity index (χ4n) is 4.90. The van der Waals surface area contributed by atoms with E-state index in [0.29, 0.717) is 21.2 Å². The Bertz CT molecular complexity index is 1440. The summed E-state index contributed by atoms with van der Waals surface area (Å²) in [6.07, 6.45) is -1.10. The van der Waals surface area contributed by atoms with Gasteiger partial charge >= 0.3 is 5.97 Å². The largest absolute Gasteiger partial charge is 0.462 e. The van der Waals surface area contributed by atoms with Crippen molar-refractivity contribution in [1.82, 2.24) is 0 Å². The van der Waals surface area contributed by atoms with Crippen LogP contribution in [-0.4, -0.2) is 30.5 Å². The number of nitrogens with zero attached hydrogens (tertiary/aromatic N) is 2. The Hall–Kier alpha value is -2.91. The number of carbonyl (C=O) groups excluding carboxylic acids is 3. The zero-order valence-electron chi connectivity index (χ0n) is 20.6. The first kappa shape index (κ1) is 25.7. The molecule has 2 saturated heterocycles. The third-order valence-electron chi connectivity index (χ3n) is 6.80. The van der Waals surface area contributed by atoms with Gasteiger partial charge in [-0.1, -0.05) is 47.5 Å². The number of anilines is 2. The molecule has 0 bridgehead atoms. The van der Waals surface area contributed by atoms with E-state index in [2.05, 4.69) is 0 Å². The minimum absolute atomic E-state index is 0.172. The third kappa shape index (κ3) is 4.12. The number of aryl methyl sites for hydroxylation is 2. The van der Waals surface area contributed by atoms with E-state index in [1.807, 2.05) is 38.1 Å². The molecule has 0 saturated carbocycles. The summed E-state index contributed by atoms with van der Waals surface area (Å²) in [5.41, 5.74) is 3.13. The van der Waals surface area contributed by atoms with Gasteiger partial charge in [0.05, 0.1) is 23.9 Å². The Balaban J connectivity index is 1.63. The molecule has 2 amide bonds. The monoisotopic (exact) mass is 558 g/mol. The summed E-state index contributed by atoms with van der Waals surface area (Å²) in [6.45, 7) is 7.42. The van der Waals surface area contributed by atoms with E-state index in [1.165, 1.54) is 11.3 Å². The van der Waals surface area contributed by atoms with Gasteiger partial charge in [-0.05, 0) is 62.6 Å². The van der Waals surface area contributed by atoms with E-state index in [9.17, 15) is 14.4 Å². The first-order valence-corrected chi connectivity index (χ1v) is 13.3. The molecule has 2 aliphatic rings. The van der Waals surface area contributed by atoms with Crippen LogP contribution in [0, 0.1) is 26.7 Å². The lowest BCUT2D eigenvalue weighted by Gasteiger charge is -2.30. The smallest absolute Gasteiger partial charge is 0.341 e. The first-order chi connectivity index (χ1) is 17.6. The maximum Gasteiger partial charge on any atom is 0.341 e. The van der Waals surface area contributed by atoms with E-state index in [1.54, 1.807) is 37.1 Å². The summed E-state index contributed by atoms with van der Waals surface area (Å²) in [7, 11) is 0. The fraction of sp³-hybridized carbons (Fsp3) is 0.296. The summed E-state index contributed by atoms with van der Waals surface area (Å²) < 4.78 is 5.24. The van der Waals surface area contributed by atoms with Gasteiger partial charge in [-0.3, -0.25) is 14.4 Å². The van der Waals surface area contributed by atoms with Crippen LogP contribution in [0.2, 0.25) is 10.0 Å². The minimum Gasteiger partial charge on any atom is -0.462 e. The van der Waals surface area contributed by atoms with Gasteiger partial charge in [0, 0.05) is 14.9 Å². The normalized spacial score (nSPS) is 21.1. The molecule has 0 unspecified atom stereocenters. The van der Waals surface area contributed by atoms with Crippen molar-refractivity contribution in [2.24, 2.45) is 5.92 Å². The highest BCUT2D eigenvalue weighted by atomic mass is 35.5. The molecule has 0 spiro atoms. The second-order valence-electron chi connectivity index (χ2n) is 8.97. The molecule has 3 atom stereocenters. The molecule has 3 heterocycles. The van der Waals surface area contributed by atoms with Crippen LogP contribution in [0.5, 0.6) is 0 Å². The van der Waals surface area contributed by atoms with Crippen LogP contribution >= 0.6 is 34.5 Å². The summed E-state index contributed by atoms with van der Waals surface area (Å²) in [4.78, 5) is 48.8. The van der Waals surface area contributed by atoms with Crippen molar-refractivity contribution < 1.29 is 24.0 Å². The molecule has 192 valence electrons. The van der Waals surface area contributed by atoms with Gasteiger partial charge in [0.2, 0.25) is 5.91 Å². The zero-order chi connectivity index (χ0) is 26.6. The van der Waals surface area contributed by atoms with Crippen LogP contribution in [-0.2, 0) is 19.2 Å². The maximum atomic E-state index is 14.1. The molecule has 2 fully saturated rings. The minimum atomic E-state index is -1.10. The average Bonchev–Trinajstić information content (AvgIpc) is 3.45. The molecule has 5 rings (SSSR count). The summed E-state index contributed by atoms with van der Waals surface area (Å²) in [5.74, 6) is -2.47. The summed E-state index contributed by atoms with van der Waals surface area (Å²) >= 11 is 14.0. The number of esters is 1. The highest BCUT2D eigenvalue weighted by molar-refractivity contribution is 7.17. The standard InChI is InChI=1S/C27H24Cl2N2O5S/c1-5-35-27(34)20-14(3)15(4)37-26(20)30-24(32)21-22(17-11-10-16(28)12-18(17)29)31(36-23(21)25(30)33)19-9-7-6-8-13(19)2/h6-12,21-23H,5H2,1-4H3/t21-,22+,23-/m1/s1. The van der Waals surface area contributed by atoms with E-state index >= 15 is 0 Å². The Morgan fingerprint density at radius 3 is 2.49 bits per heavy atom. The molecule has 10 heteroatoms. The average molecular weight is 559 g/mol. The number of hydrogen-bond acceptors (Lipinski definition) is 7. The second kappa shape index (κ2) is 9.76. The van der Waals surface area contributed by atoms with Crippen LogP contribution in [0.4, 0.5) is 10.7 Å². The number of imide groups is 1. The van der Waals surface area contributed by atoms with Crippen molar-refractivity contribution in [2.45, 2.75) is 39.8 Å². The topological polar surface area (TPSA) is 76.2 Å². The molecule has 0 aliphatic carbocycles. The van der Waals surface area contributed by atoms with Crippen LogP contribution in [0.15, 0.2) is 42.5 Å². The van der Waals surface area contributed by atoms with Gasteiger partial charge in [0.15, 0.2) is 6.10 Å². The second-order valence-corrected chi connectivity index (χ2v) is 11.0. The molecule has 37 heavy (non-hydrogen) atoms. The van der Waals surface area contributed by atoms with Crippen LogP contribution in [0.25, 0.3) is 0 Å². The summed E-state index contributed by atoms with van der Waals surface area (Å²) in [6, 6.07) is 11.9. The number of thiophene rings is 1. The number of halogens is 2. The fourth-order valence-corrected chi connectivity index (χ4v) is 6.58. The van der Waals surface area contributed by atoms with E-state index < -0.39 is 35.8 Å². The molecule has 0 radical (unpaired) electrons. The van der Waals surface area contributed by atoms with Crippen LogP contribution < -0.4 is 9.96 Å². The number of para-hydroxylation sites is 1. The lowest BCUT2D eigenvalue weighted by Crippen LogP contribution is -2.38. The van der Waals surface area contributed by atoms with Crippen molar-refractivity contribution >= 4 is 63.0 Å². The molecule has 1 aromatic heterocycles. The third-order valence-corrected chi connectivity index (χ3v) is 8.55. The molecule has 3 aromatic rings. The first-order valence-electron chi connectivity index (χ1n) is 11.8. The number of benzene rings is 2. The van der Waals surface area contributed by atoms with Gasteiger partial charge < -0.3 is 4.74 Å². The van der Waals surface area contributed by atoms with Gasteiger partial charge in [-0.15, -0.1) is 11.3 Å². The quantitative estimate of drug-likeness (QED) is 0.274. The van der Waals surface area contributed by atoms with E-state index in [0.717, 1.165) is 21.0 Å². The number of rotatable bonds is 5. The SMILES string of the molecule is CCOC(=O)c1c(N2C(=O)[C@H]3[C@@H](ON(c4ccccc4C)[C@H]3c3ccc(Cl)cc3Cl)C2=O)sc(C)c1C. The van der Waals surface area contributed by atoms with Crippen molar-refractivity contribution in [3.63, 3.8) is 0 Å². The van der Waals surface area contributed by atoms with E-state index in [-0.39, 0.29) is 17.2 Å². The van der Waals surface area contributed by atoms with Gasteiger partial charge in [0.25, 0.3) is 5.91 Å². The number of ether oxygens (including phenoxy) is 1. The molecule has 2 aliphatic heterocycles. The number of amides is 2. The Labute approximate surface area is 228 Å². The Kier molecular flexibility index (Phi) is 6.79. The number of hydrogen-bond donors (Lipinski definition) is 0. The van der Waals surface area contributed by atoms with E-state index in [4.69, 9.17) is 32.8 Å². The van der Waals surface area contributed by atoms with Gasteiger partial charge in [-0.25, -0.2) is 14.8 Å². The van der Waals surface area contributed by atoms with Gasteiger partial charge in [0.1, 0.15) is 10.9 Å².